The molecule has 1 atom stereocenters. The topological polar surface area (TPSA) is 41.1 Å². The van der Waals surface area contributed by atoms with Gasteiger partial charge in [0.25, 0.3) is 0 Å². The molecule has 1 aromatic rings. The molecule has 0 heterocycles. The van der Waals surface area contributed by atoms with E-state index in [9.17, 15) is 4.79 Å². The summed E-state index contributed by atoms with van der Waals surface area (Å²) in [6.07, 6.45) is 0.519. The van der Waals surface area contributed by atoms with Crippen LogP contribution in [0.3, 0.4) is 0 Å². The first kappa shape index (κ1) is 17.9. The van der Waals surface area contributed by atoms with Gasteiger partial charge in [-0.15, -0.1) is 12.4 Å². The molecule has 0 radical (unpaired) electrons. The van der Waals surface area contributed by atoms with E-state index in [0.29, 0.717) is 18.9 Å². The number of nitrogens with one attached hydrogen (secondary N) is 2. The SMILES string of the molecule is CNCCC(=O)NC(c1ccccc1C)C(C)C.Cl. The molecule has 0 spiro atoms. The third kappa shape index (κ3) is 5.62. The minimum Gasteiger partial charge on any atom is -0.349 e. The number of hydrogen-bond acceptors (Lipinski definition) is 2. The summed E-state index contributed by atoms with van der Waals surface area (Å²) in [5.41, 5.74) is 2.44. The van der Waals surface area contributed by atoms with Gasteiger partial charge < -0.3 is 10.6 Å². The van der Waals surface area contributed by atoms with E-state index in [1.807, 2.05) is 19.2 Å². The molecule has 0 saturated heterocycles. The van der Waals surface area contributed by atoms with Gasteiger partial charge in [-0.3, -0.25) is 4.79 Å². The lowest BCUT2D eigenvalue weighted by molar-refractivity contribution is -0.122. The zero-order chi connectivity index (χ0) is 13.5. The molecule has 0 fully saturated rings. The van der Waals surface area contributed by atoms with E-state index in [1.54, 1.807) is 0 Å². The number of benzene rings is 1. The molecule has 0 aliphatic carbocycles. The lowest BCUT2D eigenvalue weighted by Crippen LogP contribution is -2.33. The van der Waals surface area contributed by atoms with E-state index >= 15 is 0 Å². The largest absolute Gasteiger partial charge is 0.349 e. The van der Waals surface area contributed by atoms with Crippen LogP contribution in [0.4, 0.5) is 0 Å². The maximum Gasteiger partial charge on any atom is 0.221 e. The zero-order valence-electron chi connectivity index (χ0n) is 12.2. The smallest absolute Gasteiger partial charge is 0.221 e. The molecule has 1 unspecified atom stereocenters. The molecule has 0 aromatic heterocycles. The second kappa shape index (κ2) is 8.94. The van der Waals surface area contributed by atoms with Crippen LogP contribution >= 0.6 is 12.4 Å². The summed E-state index contributed by atoms with van der Waals surface area (Å²) in [5, 5.41) is 6.12. The van der Waals surface area contributed by atoms with E-state index in [-0.39, 0.29) is 24.4 Å². The highest BCUT2D eigenvalue weighted by Gasteiger charge is 2.19. The molecule has 1 aromatic carbocycles. The number of rotatable bonds is 6. The van der Waals surface area contributed by atoms with Crippen LogP contribution in [0.15, 0.2) is 24.3 Å². The van der Waals surface area contributed by atoms with Crippen LogP contribution in [0.1, 0.15) is 37.4 Å². The van der Waals surface area contributed by atoms with Gasteiger partial charge in [-0.2, -0.15) is 0 Å². The van der Waals surface area contributed by atoms with Crippen molar-refractivity contribution in [1.82, 2.24) is 10.6 Å². The average molecular weight is 285 g/mol. The van der Waals surface area contributed by atoms with Gasteiger partial charge in [0, 0.05) is 13.0 Å². The summed E-state index contributed by atoms with van der Waals surface area (Å²) >= 11 is 0. The third-order valence-corrected chi connectivity index (χ3v) is 3.11. The lowest BCUT2D eigenvalue weighted by Gasteiger charge is -2.24. The Kier molecular flexibility index (Phi) is 8.44. The summed E-state index contributed by atoms with van der Waals surface area (Å²) in [6, 6.07) is 8.33. The first-order chi connectivity index (χ1) is 8.56. The fourth-order valence-corrected chi connectivity index (χ4v) is 2.02. The van der Waals surface area contributed by atoms with Crippen LogP contribution in [0.25, 0.3) is 0 Å². The Labute approximate surface area is 122 Å². The zero-order valence-corrected chi connectivity index (χ0v) is 13.0. The van der Waals surface area contributed by atoms with Crippen LogP contribution in [0, 0.1) is 12.8 Å². The van der Waals surface area contributed by atoms with Crippen LogP contribution in [-0.4, -0.2) is 19.5 Å². The molecule has 19 heavy (non-hydrogen) atoms. The second-order valence-electron chi connectivity index (χ2n) is 5.00. The fourth-order valence-electron chi connectivity index (χ4n) is 2.02. The van der Waals surface area contributed by atoms with Crippen LogP contribution in [0.5, 0.6) is 0 Å². The summed E-state index contributed by atoms with van der Waals surface area (Å²) < 4.78 is 0. The van der Waals surface area contributed by atoms with Crippen molar-refractivity contribution in [2.75, 3.05) is 13.6 Å². The van der Waals surface area contributed by atoms with Crippen molar-refractivity contribution in [1.29, 1.82) is 0 Å². The highest BCUT2D eigenvalue weighted by Crippen LogP contribution is 2.24. The summed E-state index contributed by atoms with van der Waals surface area (Å²) in [6.45, 7) is 7.07. The fraction of sp³-hybridized carbons (Fsp3) is 0.533. The highest BCUT2D eigenvalue weighted by atomic mass is 35.5. The molecule has 1 amide bonds. The van der Waals surface area contributed by atoms with Gasteiger partial charge in [0.15, 0.2) is 0 Å². The molecule has 108 valence electrons. The van der Waals surface area contributed by atoms with Crippen molar-refractivity contribution in [2.45, 2.75) is 33.2 Å². The number of aryl methyl sites for hydroxylation is 1. The van der Waals surface area contributed by atoms with Crippen molar-refractivity contribution >= 4 is 18.3 Å². The molecular formula is C15H25ClN2O. The molecule has 0 aliphatic rings. The number of carbonyl (C=O) groups is 1. The molecule has 0 saturated carbocycles. The number of halogens is 1. The highest BCUT2D eigenvalue weighted by molar-refractivity contribution is 5.85. The minimum absolute atomic E-state index is 0. The van der Waals surface area contributed by atoms with Crippen molar-refractivity contribution in [3.63, 3.8) is 0 Å². The summed E-state index contributed by atoms with van der Waals surface area (Å²) in [5.74, 6) is 0.482. The Morgan fingerprint density at radius 1 is 1.26 bits per heavy atom. The first-order valence-corrected chi connectivity index (χ1v) is 6.55. The van der Waals surface area contributed by atoms with Gasteiger partial charge in [-0.1, -0.05) is 38.1 Å². The predicted molar refractivity (Wildman–Crippen MR) is 82.7 cm³/mol. The van der Waals surface area contributed by atoms with Gasteiger partial charge in [0.1, 0.15) is 0 Å². The quantitative estimate of drug-likeness (QED) is 0.843. The molecule has 2 N–H and O–H groups in total. The Morgan fingerprint density at radius 3 is 2.42 bits per heavy atom. The van der Waals surface area contributed by atoms with Gasteiger partial charge in [0.05, 0.1) is 6.04 Å². The Bertz CT molecular complexity index is 393. The summed E-state index contributed by atoms with van der Waals surface area (Å²) in [4.78, 5) is 11.9. The van der Waals surface area contributed by atoms with Gasteiger partial charge >= 0.3 is 0 Å². The molecule has 0 bridgehead atoms. The van der Waals surface area contributed by atoms with Gasteiger partial charge in [-0.25, -0.2) is 0 Å². The maximum absolute atomic E-state index is 11.9. The van der Waals surface area contributed by atoms with Crippen molar-refractivity contribution in [3.05, 3.63) is 35.4 Å². The van der Waals surface area contributed by atoms with Gasteiger partial charge in [-0.05, 0) is 31.0 Å². The van der Waals surface area contributed by atoms with E-state index in [4.69, 9.17) is 0 Å². The normalized spacial score (nSPS) is 11.8. The number of carbonyl (C=O) groups excluding carboxylic acids is 1. The van der Waals surface area contributed by atoms with E-state index < -0.39 is 0 Å². The number of amides is 1. The van der Waals surface area contributed by atoms with Crippen molar-refractivity contribution in [2.24, 2.45) is 5.92 Å². The molecule has 3 nitrogen and oxygen atoms in total. The number of hydrogen-bond donors (Lipinski definition) is 2. The maximum atomic E-state index is 11.9. The average Bonchev–Trinajstić information content (AvgIpc) is 2.34. The minimum atomic E-state index is 0. The van der Waals surface area contributed by atoms with Crippen LogP contribution in [-0.2, 0) is 4.79 Å². The molecule has 0 aliphatic heterocycles. The Morgan fingerprint density at radius 2 is 1.89 bits per heavy atom. The van der Waals surface area contributed by atoms with Crippen LogP contribution in [0.2, 0.25) is 0 Å². The Balaban J connectivity index is 0.00000324. The van der Waals surface area contributed by atoms with Gasteiger partial charge in [0.2, 0.25) is 5.91 Å². The molecular weight excluding hydrogens is 260 g/mol. The van der Waals surface area contributed by atoms with Crippen molar-refractivity contribution in [3.8, 4) is 0 Å². The van der Waals surface area contributed by atoms with Crippen LogP contribution < -0.4 is 10.6 Å². The third-order valence-electron chi connectivity index (χ3n) is 3.11. The summed E-state index contributed by atoms with van der Waals surface area (Å²) in [7, 11) is 1.86. The predicted octanol–water partition coefficient (Wildman–Crippen LogP) is 2.84. The first-order valence-electron chi connectivity index (χ1n) is 6.55. The van der Waals surface area contributed by atoms with E-state index in [1.165, 1.54) is 11.1 Å². The monoisotopic (exact) mass is 284 g/mol. The lowest BCUT2D eigenvalue weighted by atomic mass is 9.92. The van der Waals surface area contributed by atoms with E-state index in [2.05, 4.69) is 43.5 Å². The standard InChI is InChI=1S/C15H24N2O.ClH/c1-11(2)15(17-14(18)9-10-16-4)13-8-6-5-7-12(13)3;/h5-8,11,15-16H,9-10H2,1-4H3,(H,17,18);1H. The van der Waals surface area contributed by atoms with E-state index in [0.717, 1.165) is 0 Å². The molecule has 1 rings (SSSR count). The van der Waals surface area contributed by atoms with Crippen molar-refractivity contribution < 1.29 is 4.79 Å². The Hall–Kier alpha value is -1.06. The second-order valence-corrected chi connectivity index (χ2v) is 5.00. The molecule has 4 heteroatoms.